The number of nitrogens with zero attached hydrogens (tertiary/aromatic N) is 3. The molecular formula is C20H21FN4O3. The Kier molecular flexibility index (Phi) is 4.41. The van der Waals surface area contributed by atoms with Crippen molar-refractivity contribution in [3.05, 3.63) is 53.3 Å². The first-order valence-corrected chi connectivity index (χ1v) is 9.06. The van der Waals surface area contributed by atoms with Crippen molar-refractivity contribution in [3.63, 3.8) is 0 Å². The molecule has 146 valence electrons. The summed E-state index contributed by atoms with van der Waals surface area (Å²) >= 11 is 0. The molecular weight excluding hydrogens is 363 g/mol. The maximum absolute atomic E-state index is 13.8. The van der Waals surface area contributed by atoms with E-state index in [9.17, 15) is 14.0 Å². The number of nitrogens with one attached hydrogen (secondary N) is 1. The highest BCUT2D eigenvalue weighted by atomic mass is 19.1. The lowest BCUT2D eigenvalue weighted by atomic mass is 9.94. The summed E-state index contributed by atoms with van der Waals surface area (Å²) in [5, 5.41) is 7.61. The van der Waals surface area contributed by atoms with Crippen molar-refractivity contribution in [1.82, 2.24) is 20.0 Å². The Morgan fingerprint density at radius 1 is 1.36 bits per heavy atom. The lowest BCUT2D eigenvalue weighted by molar-refractivity contribution is -0.127. The van der Waals surface area contributed by atoms with Gasteiger partial charge in [0.05, 0.1) is 24.1 Å². The van der Waals surface area contributed by atoms with E-state index in [2.05, 4.69) is 10.4 Å². The zero-order valence-corrected chi connectivity index (χ0v) is 15.9. The molecule has 3 aromatic rings. The SMILES string of the molecule is Cc1c([C@@H]2[C@@H](CNC(=O)c3ccc(F)c4occc34)CC(=O)N2C)cnn1C. The maximum Gasteiger partial charge on any atom is 0.252 e. The van der Waals surface area contributed by atoms with Crippen molar-refractivity contribution in [2.75, 3.05) is 13.6 Å². The molecule has 1 aromatic carbocycles. The maximum atomic E-state index is 13.8. The first-order valence-electron chi connectivity index (χ1n) is 9.06. The topological polar surface area (TPSA) is 80.4 Å². The monoisotopic (exact) mass is 384 g/mol. The van der Waals surface area contributed by atoms with Crippen LogP contribution in [0.2, 0.25) is 0 Å². The molecule has 2 atom stereocenters. The largest absolute Gasteiger partial charge is 0.461 e. The lowest BCUT2D eigenvalue weighted by Crippen LogP contribution is -2.32. The number of aryl methyl sites for hydroxylation is 1. The summed E-state index contributed by atoms with van der Waals surface area (Å²) in [6, 6.07) is 4.08. The van der Waals surface area contributed by atoms with Gasteiger partial charge in [-0.05, 0) is 25.1 Å². The van der Waals surface area contributed by atoms with E-state index in [-0.39, 0.29) is 29.4 Å². The predicted octanol–water partition coefficient (Wildman–Crippen LogP) is 2.56. The number of benzene rings is 1. The van der Waals surface area contributed by atoms with Crippen LogP contribution < -0.4 is 5.32 Å². The highest BCUT2D eigenvalue weighted by Gasteiger charge is 2.40. The molecule has 1 fully saturated rings. The number of amides is 2. The Hall–Kier alpha value is -3.16. The minimum absolute atomic E-state index is 0.0338. The van der Waals surface area contributed by atoms with Crippen molar-refractivity contribution in [3.8, 4) is 0 Å². The van der Waals surface area contributed by atoms with E-state index in [1.165, 1.54) is 18.4 Å². The average Bonchev–Trinajstić information content (AvgIpc) is 3.35. The molecule has 0 unspecified atom stereocenters. The molecule has 7 nitrogen and oxygen atoms in total. The van der Waals surface area contributed by atoms with Gasteiger partial charge in [-0.3, -0.25) is 14.3 Å². The van der Waals surface area contributed by atoms with Gasteiger partial charge in [-0.15, -0.1) is 0 Å². The molecule has 1 saturated heterocycles. The second-order valence-corrected chi connectivity index (χ2v) is 7.19. The Morgan fingerprint density at radius 3 is 2.86 bits per heavy atom. The van der Waals surface area contributed by atoms with Crippen LogP contribution in [0.4, 0.5) is 4.39 Å². The molecule has 0 spiro atoms. The highest BCUT2D eigenvalue weighted by molar-refractivity contribution is 6.06. The number of hydrogen-bond donors (Lipinski definition) is 1. The van der Waals surface area contributed by atoms with Gasteiger partial charge >= 0.3 is 0 Å². The van der Waals surface area contributed by atoms with Crippen molar-refractivity contribution >= 4 is 22.8 Å². The van der Waals surface area contributed by atoms with Gasteiger partial charge in [-0.25, -0.2) is 4.39 Å². The highest BCUT2D eigenvalue weighted by Crippen LogP contribution is 2.37. The van der Waals surface area contributed by atoms with E-state index in [4.69, 9.17) is 4.42 Å². The van der Waals surface area contributed by atoms with E-state index >= 15 is 0 Å². The fourth-order valence-electron chi connectivity index (χ4n) is 3.95. The number of likely N-dealkylation sites (tertiary alicyclic amines) is 1. The molecule has 0 aliphatic carbocycles. The number of carbonyl (C=O) groups is 2. The quantitative estimate of drug-likeness (QED) is 0.750. The van der Waals surface area contributed by atoms with E-state index in [0.717, 1.165) is 11.3 Å². The summed E-state index contributed by atoms with van der Waals surface area (Å²) in [6.07, 6.45) is 3.48. The van der Waals surface area contributed by atoms with Crippen molar-refractivity contribution in [2.45, 2.75) is 19.4 Å². The summed E-state index contributed by atoms with van der Waals surface area (Å²) in [5.74, 6) is -0.877. The van der Waals surface area contributed by atoms with Crippen molar-refractivity contribution in [2.24, 2.45) is 13.0 Å². The van der Waals surface area contributed by atoms with Crippen molar-refractivity contribution < 1.29 is 18.4 Å². The Labute approximate surface area is 161 Å². The van der Waals surface area contributed by atoms with Gasteiger partial charge in [0.25, 0.3) is 5.91 Å². The molecule has 0 bridgehead atoms. The molecule has 1 N–H and O–H groups in total. The lowest BCUT2D eigenvalue weighted by Gasteiger charge is -2.25. The van der Waals surface area contributed by atoms with Gasteiger partial charge in [0.15, 0.2) is 11.4 Å². The second-order valence-electron chi connectivity index (χ2n) is 7.19. The third-order valence-electron chi connectivity index (χ3n) is 5.62. The summed E-state index contributed by atoms with van der Waals surface area (Å²) in [5.41, 5.74) is 2.37. The number of fused-ring (bicyclic) bond motifs is 1. The molecule has 3 heterocycles. The second kappa shape index (κ2) is 6.78. The van der Waals surface area contributed by atoms with E-state index in [0.29, 0.717) is 23.9 Å². The summed E-state index contributed by atoms with van der Waals surface area (Å²) in [6.45, 7) is 2.29. The van der Waals surface area contributed by atoms with Crippen LogP contribution in [0.15, 0.2) is 35.1 Å². The third kappa shape index (κ3) is 2.85. The number of furan rings is 1. The molecule has 0 saturated carbocycles. The molecule has 0 radical (unpaired) electrons. The van der Waals surface area contributed by atoms with Crippen LogP contribution in [-0.2, 0) is 11.8 Å². The molecule has 28 heavy (non-hydrogen) atoms. The normalized spacial score (nSPS) is 19.6. The van der Waals surface area contributed by atoms with Crippen LogP contribution in [-0.4, -0.2) is 40.1 Å². The number of rotatable bonds is 4. The molecule has 1 aliphatic rings. The fraction of sp³-hybridized carbons (Fsp3) is 0.350. The van der Waals surface area contributed by atoms with Gasteiger partial charge in [0, 0.05) is 49.6 Å². The minimum atomic E-state index is -0.508. The molecule has 4 rings (SSSR count). The summed E-state index contributed by atoms with van der Waals surface area (Å²) in [4.78, 5) is 26.7. The van der Waals surface area contributed by atoms with Gasteiger partial charge < -0.3 is 14.6 Å². The average molecular weight is 384 g/mol. The van der Waals surface area contributed by atoms with Gasteiger partial charge in [0.2, 0.25) is 5.91 Å². The first-order chi connectivity index (χ1) is 13.4. The van der Waals surface area contributed by atoms with Crippen LogP contribution in [0.25, 0.3) is 11.0 Å². The van der Waals surface area contributed by atoms with E-state index in [1.807, 2.05) is 14.0 Å². The van der Waals surface area contributed by atoms with Crippen LogP contribution >= 0.6 is 0 Å². The Morgan fingerprint density at radius 2 is 2.14 bits per heavy atom. The smallest absolute Gasteiger partial charge is 0.252 e. The van der Waals surface area contributed by atoms with Gasteiger partial charge in [-0.1, -0.05) is 0 Å². The van der Waals surface area contributed by atoms with Crippen molar-refractivity contribution in [1.29, 1.82) is 0 Å². The van der Waals surface area contributed by atoms with Crippen LogP contribution in [0.5, 0.6) is 0 Å². The number of aromatic nitrogens is 2. The Bertz CT molecular complexity index is 1070. The van der Waals surface area contributed by atoms with Gasteiger partial charge in [-0.2, -0.15) is 5.10 Å². The van der Waals surface area contributed by atoms with Crippen LogP contribution in [0.3, 0.4) is 0 Å². The zero-order chi connectivity index (χ0) is 20.0. The first kappa shape index (κ1) is 18.2. The molecule has 2 amide bonds. The van der Waals surface area contributed by atoms with Crippen LogP contribution in [0, 0.1) is 18.7 Å². The van der Waals surface area contributed by atoms with E-state index in [1.54, 1.807) is 28.9 Å². The number of halogens is 1. The summed E-state index contributed by atoms with van der Waals surface area (Å²) < 4.78 is 20.7. The number of carbonyl (C=O) groups excluding carboxylic acids is 2. The Balaban J connectivity index is 1.55. The molecule has 2 aromatic heterocycles. The zero-order valence-electron chi connectivity index (χ0n) is 15.9. The molecule has 1 aliphatic heterocycles. The van der Waals surface area contributed by atoms with Crippen LogP contribution in [0.1, 0.15) is 34.1 Å². The standard InChI is InChI=1S/C20H21FN4O3/c1-11-15(10-23-25(11)3)18-12(8-17(26)24(18)2)9-22-20(27)14-4-5-16(21)19-13(14)6-7-28-19/h4-7,10,12,18H,8-9H2,1-3H3,(H,22,27)/t12-,18+/m1/s1. The van der Waals surface area contributed by atoms with E-state index < -0.39 is 5.82 Å². The molecule has 8 heteroatoms. The minimum Gasteiger partial charge on any atom is -0.461 e. The van der Waals surface area contributed by atoms with Gasteiger partial charge in [0.1, 0.15) is 0 Å². The fourth-order valence-corrected chi connectivity index (χ4v) is 3.95. The summed E-state index contributed by atoms with van der Waals surface area (Å²) in [7, 11) is 3.63. The number of hydrogen-bond acceptors (Lipinski definition) is 4. The predicted molar refractivity (Wildman–Crippen MR) is 100 cm³/mol. The third-order valence-corrected chi connectivity index (χ3v) is 5.62.